The van der Waals surface area contributed by atoms with E-state index in [0.717, 1.165) is 31.7 Å². The molecule has 0 amide bonds. The highest BCUT2D eigenvalue weighted by molar-refractivity contribution is 6.67. The third-order valence-electron chi connectivity index (χ3n) is 3.12. The number of likely N-dealkylation sites (tertiary alicyclic amines) is 1. The molecule has 4 nitrogen and oxygen atoms in total. The molecule has 5 heteroatoms. The number of nitrogens with zero attached hydrogens (tertiary/aromatic N) is 1. The zero-order valence-corrected chi connectivity index (χ0v) is 13.3. The Morgan fingerprint density at radius 1 is 1.25 bits per heavy atom. The van der Waals surface area contributed by atoms with Crippen LogP contribution >= 0.6 is 11.6 Å². The molecule has 0 aromatic rings. The number of amidine groups is 1. The molecule has 0 aromatic heterocycles. The lowest BCUT2D eigenvalue weighted by Gasteiger charge is -2.35. The van der Waals surface area contributed by atoms with Gasteiger partial charge in [-0.2, -0.15) is 0 Å². The standard InChI is InChI=1S/C15H24ClN3O/c1-11(20-15(2,3)4)12-7-9-19(10-8-12)14(18)6-5-13(16)17/h5-6,12,17-18H,1,7-10H2,2-4H3/b6-5-,17-13?,18-14?. The average molecular weight is 298 g/mol. The van der Waals surface area contributed by atoms with Crippen molar-refractivity contribution in [3.05, 3.63) is 24.5 Å². The van der Waals surface area contributed by atoms with E-state index >= 15 is 0 Å². The van der Waals surface area contributed by atoms with Crippen LogP contribution in [0, 0.1) is 16.7 Å². The maximum absolute atomic E-state index is 7.92. The molecule has 1 aliphatic rings. The lowest BCUT2D eigenvalue weighted by atomic mass is 9.94. The Balaban J connectivity index is 2.46. The van der Waals surface area contributed by atoms with Crippen LogP contribution in [0.2, 0.25) is 0 Å². The van der Waals surface area contributed by atoms with Crippen LogP contribution in [0.4, 0.5) is 0 Å². The largest absolute Gasteiger partial charge is 0.493 e. The van der Waals surface area contributed by atoms with E-state index in [4.69, 9.17) is 27.2 Å². The van der Waals surface area contributed by atoms with E-state index in [9.17, 15) is 0 Å². The van der Waals surface area contributed by atoms with E-state index in [1.54, 1.807) is 6.08 Å². The van der Waals surface area contributed by atoms with Crippen molar-refractivity contribution in [1.82, 2.24) is 4.90 Å². The number of hydrogen-bond acceptors (Lipinski definition) is 3. The minimum absolute atomic E-state index is 0.0587. The molecular formula is C15H24ClN3O. The Hall–Kier alpha value is -1.29. The van der Waals surface area contributed by atoms with Gasteiger partial charge < -0.3 is 9.64 Å². The zero-order chi connectivity index (χ0) is 15.3. The second-order valence-electron chi connectivity index (χ2n) is 6.01. The first-order valence-corrected chi connectivity index (χ1v) is 7.20. The Morgan fingerprint density at radius 3 is 2.25 bits per heavy atom. The predicted octanol–water partition coefficient (Wildman–Crippen LogP) is 3.78. The van der Waals surface area contributed by atoms with Crippen molar-refractivity contribution in [2.45, 2.75) is 39.2 Å². The number of allylic oxidation sites excluding steroid dienone is 2. The third kappa shape index (κ3) is 5.78. The SMILES string of the molecule is C=C(OC(C)(C)C)C1CCN(C(=N)/C=C\C(=N)Cl)CC1. The fourth-order valence-corrected chi connectivity index (χ4v) is 2.24. The van der Waals surface area contributed by atoms with Crippen molar-refractivity contribution in [2.75, 3.05) is 13.1 Å². The Labute approximate surface area is 126 Å². The monoisotopic (exact) mass is 297 g/mol. The smallest absolute Gasteiger partial charge is 0.120 e. The van der Waals surface area contributed by atoms with Crippen LogP contribution in [0.3, 0.4) is 0 Å². The topological polar surface area (TPSA) is 60.2 Å². The van der Waals surface area contributed by atoms with Gasteiger partial charge in [0.2, 0.25) is 0 Å². The molecule has 2 N–H and O–H groups in total. The number of ether oxygens (including phenoxy) is 1. The molecule has 1 heterocycles. The summed E-state index contributed by atoms with van der Waals surface area (Å²) in [5, 5.41) is 15.0. The van der Waals surface area contributed by atoms with Crippen molar-refractivity contribution < 1.29 is 4.74 Å². The molecule has 1 aliphatic heterocycles. The van der Waals surface area contributed by atoms with Crippen LogP contribution in [-0.2, 0) is 4.74 Å². The number of halogens is 1. The average Bonchev–Trinajstić information content (AvgIpc) is 2.34. The van der Waals surface area contributed by atoms with E-state index in [2.05, 4.69) is 6.58 Å². The van der Waals surface area contributed by atoms with Crippen LogP contribution in [0.15, 0.2) is 24.5 Å². The third-order valence-corrected chi connectivity index (χ3v) is 3.24. The molecule has 0 aromatic carbocycles. The molecule has 112 valence electrons. The Bertz CT molecular complexity index is 415. The first kappa shape index (κ1) is 16.8. The fraction of sp³-hybridized carbons (Fsp3) is 0.600. The maximum Gasteiger partial charge on any atom is 0.120 e. The minimum atomic E-state index is -0.204. The highest BCUT2D eigenvalue weighted by Crippen LogP contribution is 2.27. The lowest BCUT2D eigenvalue weighted by molar-refractivity contribution is 0.0275. The van der Waals surface area contributed by atoms with Crippen LogP contribution < -0.4 is 0 Å². The van der Waals surface area contributed by atoms with E-state index in [1.165, 1.54) is 6.08 Å². The lowest BCUT2D eigenvalue weighted by Crippen LogP contribution is -2.38. The molecule has 0 bridgehead atoms. The van der Waals surface area contributed by atoms with Crippen LogP contribution in [0.25, 0.3) is 0 Å². The Morgan fingerprint density at radius 2 is 1.80 bits per heavy atom. The van der Waals surface area contributed by atoms with Crippen molar-refractivity contribution in [3.8, 4) is 0 Å². The van der Waals surface area contributed by atoms with Crippen LogP contribution in [0.5, 0.6) is 0 Å². The molecule has 0 unspecified atom stereocenters. The summed E-state index contributed by atoms with van der Waals surface area (Å²) in [5.74, 6) is 1.60. The molecular weight excluding hydrogens is 274 g/mol. The molecule has 0 radical (unpaired) electrons. The number of nitrogens with one attached hydrogen (secondary N) is 2. The summed E-state index contributed by atoms with van der Waals surface area (Å²) in [5.41, 5.74) is -0.204. The molecule has 1 rings (SSSR count). The summed E-state index contributed by atoms with van der Waals surface area (Å²) >= 11 is 5.44. The van der Waals surface area contributed by atoms with E-state index in [-0.39, 0.29) is 10.8 Å². The fourth-order valence-electron chi connectivity index (χ4n) is 2.18. The summed E-state index contributed by atoms with van der Waals surface area (Å²) in [6, 6.07) is 0. The quantitative estimate of drug-likeness (QED) is 0.471. The van der Waals surface area contributed by atoms with Gasteiger partial charge in [-0.3, -0.25) is 10.8 Å². The summed E-state index contributed by atoms with van der Waals surface area (Å²) in [6.45, 7) is 11.7. The number of rotatable bonds is 4. The van der Waals surface area contributed by atoms with Gasteiger partial charge in [-0.25, -0.2) is 0 Å². The van der Waals surface area contributed by atoms with E-state index < -0.39 is 0 Å². The van der Waals surface area contributed by atoms with Crippen molar-refractivity contribution in [1.29, 1.82) is 10.8 Å². The van der Waals surface area contributed by atoms with Gasteiger partial charge in [0.1, 0.15) is 16.6 Å². The van der Waals surface area contributed by atoms with Gasteiger partial charge in [-0.15, -0.1) is 0 Å². The van der Waals surface area contributed by atoms with Crippen LogP contribution in [0.1, 0.15) is 33.6 Å². The highest BCUT2D eigenvalue weighted by Gasteiger charge is 2.25. The second kappa shape index (κ2) is 6.93. The highest BCUT2D eigenvalue weighted by atomic mass is 35.5. The second-order valence-corrected chi connectivity index (χ2v) is 6.42. The summed E-state index contributed by atoms with van der Waals surface area (Å²) in [6.07, 6.45) is 4.86. The van der Waals surface area contributed by atoms with Gasteiger partial charge in [0.05, 0.1) is 5.76 Å². The first-order chi connectivity index (χ1) is 9.19. The van der Waals surface area contributed by atoms with Crippen molar-refractivity contribution >= 4 is 22.6 Å². The van der Waals surface area contributed by atoms with Crippen molar-refractivity contribution in [3.63, 3.8) is 0 Å². The molecule has 0 saturated carbocycles. The minimum Gasteiger partial charge on any atom is -0.493 e. The molecule has 0 atom stereocenters. The molecule has 0 spiro atoms. The van der Waals surface area contributed by atoms with Crippen LogP contribution in [-0.4, -0.2) is 34.6 Å². The van der Waals surface area contributed by atoms with Gasteiger partial charge in [0.15, 0.2) is 0 Å². The van der Waals surface area contributed by atoms with Gasteiger partial charge >= 0.3 is 0 Å². The van der Waals surface area contributed by atoms with Gasteiger partial charge in [0.25, 0.3) is 0 Å². The summed E-state index contributed by atoms with van der Waals surface area (Å²) in [7, 11) is 0. The maximum atomic E-state index is 7.92. The molecule has 20 heavy (non-hydrogen) atoms. The predicted molar refractivity (Wildman–Crippen MR) is 84.7 cm³/mol. The van der Waals surface area contributed by atoms with E-state index in [1.807, 2.05) is 25.7 Å². The van der Waals surface area contributed by atoms with E-state index in [0.29, 0.717) is 11.8 Å². The van der Waals surface area contributed by atoms with Gasteiger partial charge in [-0.05, 0) is 45.8 Å². The summed E-state index contributed by atoms with van der Waals surface area (Å²) in [4.78, 5) is 1.98. The zero-order valence-electron chi connectivity index (χ0n) is 12.5. The normalized spacial score (nSPS) is 17.3. The number of hydrogen-bond donors (Lipinski definition) is 2. The Kier molecular flexibility index (Phi) is 5.81. The molecule has 1 saturated heterocycles. The molecule has 1 fully saturated rings. The first-order valence-electron chi connectivity index (χ1n) is 6.82. The van der Waals surface area contributed by atoms with Gasteiger partial charge in [-0.1, -0.05) is 18.2 Å². The van der Waals surface area contributed by atoms with Gasteiger partial charge in [0, 0.05) is 19.0 Å². The van der Waals surface area contributed by atoms with Crippen molar-refractivity contribution in [2.24, 2.45) is 5.92 Å². The summed E-state index contributed by atoms with van der Waals surface area (Å²) < 4.78 is 5.83. The number of piperidine rings is 1. The molecule has 0 aliphatic carbocycles.